The number of aliphatic carboxylic acids is 1. The molecule has 3 heterocycles. The molecule has 0 amide bonds. The lowest BCUT2D eigenvalue weighted by Gasteiger charge is -2.27. The number of rotatable bonds is 7. The Morgan fingerprint density at radius 3 is 2.73 bits per heavy atom. The number of anilines is 1. The molecule has 30 heavy (non-hydrogen) atoms. The van der Waals surface area contributed by atoms with E-state index in [0.29, 0.717) is 41.8 Å². The summed E-state index contributed by atoms with van der Waals surface area (Å²) >= 11 is 6.00. The van der Waals surface area contributed by atoms with Crippen LogP contribution in [-0.2, 0) is 11.3 Å². The molecule has 0 aliphatic carbocycles. The lowest BCUT2D eigenvalue weighted by atomic mass is 10.2. The van der Waals surface area contributed by atoms with Crippen LogP contribution in [0.5, 0.6) is 0 Å². The maximum Gasteiger partial charge on any atom is 0.326 e. The third-order valence-electron chi connectivity index (χ3n) is 5.65. The number of halogens is 1. The van der Waals surface area contributed by atoms with Crippen LogP contribution < -0.4 is 10.5 Å². The van der Waals surface area contributed by atoms with Gasteiger partial charge in [-0.2, -0.15) is 0 Å². The van der Waals surface area contributed by atoms with Crippen molar-refractivity contribution in [1.29, 1.82) is 0 Å². The first kappa shape index (κ1) is 20.5. The van der Waals surface area contributed by atoms with Crippen molar-refractivity contribution in [2.45, 2.75) is 51.6 Å². The van der Waals surface area contributed by atoms with Gasteiger partial charge in [0, 0.05) is 35.9 Å². The largest absolute Gasteiger partial charge is 0.480 e. The summed E-state index contributed by atoms with van der Waals surface area (Å²) in [6.07, 6.45) is 6.14. The Hall–Kier alpha value is -2.80. The zero-order chi connectivity index (χ0) is 21.3. The molecule has 1 saturated heterocycles. The summed E-state index contributed by atoms with van der Waals surface area (Å²) in [6.45, 7) is 3.43. The van der Waals surface area contributed by atoms with E-state index < -0.39 is 12.0 Å². The molecule has 2 aromatic heterocycles. The molecule has 0 bridgehead atoms. The number of benzene rings is 1. The number of unbranched alkanes of at least 4 members (excludes halogenated alkanes) is 2. The van der Waals surface area contributed by atoms with Gasteiger partial charge >= 0.3 is 5.97 Å². The molecule has 1 atom stereocenters. The van der Waals surface area contributed by atoms with Crippen LogP contribution in [-0.4, -0.2) is 37.6 Å². The molecule has 1 aliphatic rings. The van der Waals surface area contributed by atoms with Crippen molar-refractivity contribution in [3.05, 3.63) is 51.9 Å². The highest BCUT2D eigenvalue weighted by atomic mass is 35.5. The first-order valence-electron chi connectivity index (χ1n) is 10.4. The van der Waals surface area contributed by atoms with Gasteiger partial charge in [0.1, 0.15) is 11.9 Å². The van der Waals surface area contributed by atoms with Gasteiger partial charge in [-0.15, -0.1) is 0 Å². The minimum Gasteiger partial charge on any atom is -0.480 e. The molecule has 3 aromatic rings. The van der Waals surface area contributed by atoms with E-state index in [9.17, 15) is 14.7 Å². The molecule has 158 valence electrons. The molecule has 0 unspecified atom stereocenters. The first-order chi connectivity index (χ1) is 14.5. The fourth-order valence-electron chi connectivity index (χ4n) is 4.11. The molecular formula is C22H25ClN4O3. The smallest absolute Gasteiger partial charge is 0.326 e. The van der Waals surface area contributed by atoms with Crippen LogP contribution >= 0.6 is 11.6 Å². The average Bonchev–Trinajstić information content (AvgIpc) is 3.38. The number of carbonyl (C=O) groups is 1. The lowest BCUT2D eigenvalue weighted by Crippen LogP contribution is -2.39. The summed E-state index contributed by atoms with van der Waals surface area (Å²) in [6, 6.07) is 8.27. The SMILES string of the molecule is CCCCCn1c(N2CCC[C@H]2C(=O)O)cc(=O)n2cc(-c3ccc(Cl)cc3)nc12. The highest BCUT2D eigenvalue weighted by Gasteiger charge is 2.33. The van der Waals surface area contributed by atoms with Gasteiger partial charge in [0.2, 0.25) is 5.78 Å². The van der Waals surface area contributed by atoms with Gasteiger partial charge < -0.3 is 10.0 Å². The number of carboxylic acid groups (broad SMARTS) is 1. The molecule has 8 heteroatoms. The molecule has 1 N–H and O–H groups in total. The van der Waals surface area contributed by atoms with Crippen LogP contribution in [0.4, 0.5) is 5.82 Å². The Labute approximate surface area is 179 Å². The van der Waals surface area contributed by atoms with E-state index >= 15 is 0 Å². The van der Waals surface area contributed by atoms with Gasteiger partial charge in [0.25, 0.3) is 5.56 Å². The number of nitrogens with zero attached hydrogens (tertiary/aromatic N) is 4. The Morgan fingerprint density at radius 1 is 1.27 bits per heavy atom. The number of hydrogen-bond acceptors (Lipinski definition) is 4. The second kappa shape index (κ2) is 8.52. The third-order valence-corrected chi connectivity index (χ3v) is 5.90. The minimum atomic E-state index is -0.856. The Bertz CT molecular complexity index is 1120. The van der Waals surface area contributed by atoms with Crippen molar-refractivity contribution in [2.75, 3.05) is 11.4 Å². The maximum atomic E-state index is 12.9. The molecule has 0 saturated carbocycles. The number of carboxylic acids is 1. The van der Waals surface area contributed by atoms with Crippen LogP contribution in [0.3, 0.4) is 0 Å². The molecule has 0 spiro atoms. The fourth-order valence-corrected chi connectivity index (χ4v) is 4.24. The van der Waals surface area contributed by atoms with Crippen molar-refractivity contribution >= 4 is 29.2 Å². The van der Waals surface area contributed by atoms with Crippen LogP contribution in [0.15, 0.2) is 41.3 Å². The highest BCUT2D eigenvalue weighted by Crippen LogP contribution is 2.28. The van der Waals surface area contributed by atoms with Crippen LogP contribution in [0.1, 0.15) is 39.0 Å². The maximum absolute atomic E-state index is 12.9. The topological polar surface area (TPSA) is 79.8 Å². The van der Waals surface area contributed by atoms with Crippen molar-refractivity contribution in [1.82, 2.24) is 14.0 Å². The van der Waals surface area contributed by atoms with E-state index in [4.69, 9.17) is 16.6 Å². The summed E-state index contributed by atoms with van der Waals surface area (Å²) in [5.41, 5.74) is 1.34. The van der Waals surface area contributed by atoms with E-state index in [1.165, 1.54) is 0 Å². The molecule has 4 rings (SSSR count). The van der Waals surface area contributed by atoms with Gasteiger partial charge in [-0.1, -0.05) is 43.5 Å². The summed E-state index contributed by atoms with van der Waals surface area (Å²) in [4.78, 5) is 31.3. The number of aromatic nitrogens is 3. The highest BCUT2D eigenvalue weighted by molar-refractivity contribution is 6.30. The Morgan fingerprint density at radius 2 is 2.03 bits per heavy atom. The number of hydrogen-bond donors (Lipinski definition) is 1. The Kier molecular flexibility index (Phi) is 5.81. The van der Waals surface area contributed by atoms with E-state index in [2.05, 4.69) is 6.92 Å². The summed E-state index contributed by atoms with van der Waals surface area (Å²) in [5, 5.41) is 10.3. The fraction of sp³-hybridized carbons (Fsp3) is 0.409. The standard InChI is InChI=1S/C22H25ClN4O3/c1-2-3-4-11-26-19(25-12-5-6-18(25)21(29)30)13-20(28)27-14-17(24-22(26)27)15-7-9-16(23)10-8-15/h7-10,13-14,18H,2-6,11-12H2,1H3,(H,29,30)/t18-/m0/s1. The normalized spacial score (nSPS) is 16.5. The van der Waals surface area contributed by atoms with E-state index in [0.717, 1.165) is 31.2 Å². The van der Waals surface area contributed by atoms with Gasteiger partial charge in [0.15, 0.2) is 0 Å². The van der Waals surface area contributed by atoms with Crippen LogP contribution in [0.25, 0.3) is 17.0 Å². The lowest BCUT2D eigenvalue weighted by molar-refractivity contribution is -0.138. The third kappa shape index (κ3) is 3.81. The second-order valence-electron chi connectivity index (χ2n) is 7.69. The molecule has 1 fully saturated rings. The quantitative estimate of drug-likeness (QED) is 0.574. The van der Waals surface area contributed by atoms with Crippen LogP contribution in [0, 0.1) is 0 Å². The predicted octanol–water partition coefficient (Wildman–Crippen LogP) is 4.06. The van der Waals surface area contributed by atoms with Gasteiger partial charge in [-0.25, -0.2) is 9.78 Å². The summed E-state index contributed by atoms with van der Waals surface area (Å²) in [7, 11) is 0. The molecule has 0 radical (unpaired) electrons. The molecule has 1 aliphatic heterocycles. The second-order valence-corrected chi connectivity index (χ2v) is 8.13. The molecule has 1 aromatic carbocycles. The average molecular weight is 429 g/mol. The van der Waals surface area contributed by atoms with Crippen LogP contribution in [0.2, 0.25) is 5.02 Å². The van der Waals surface area contributed by atoms with Crippen molar-refractivity contribution in [2.24, 2.45) is 0 Å². The number of fused-ring (bicyclic) bond motifs is 1. The zero-order valence-corrected chi connectivity index (χ0v) is 17.7. The zero-order valence-electron chi connectivity index (χ0n) is 16.9. The van der Waals surface area contributed by atoms with E-state index in [1.807, 2.05) is 21.6 Å². The van der Waals surface area contributed by atoms with Gasteiger partial charge in [-0.05, 0) is 31.4 Å². The number of imidazole rings is 1. The monoisotopic (exact) mass is 428 g/mol. The van der Waals surface area contributed by atoms with E-state index in [1.54, 1.807) is 28.8 Å². The van der Waals surface area contributed by atoms with Gasteiger partial charge in [0.05, 0.1) is 5.69 Å². The summed E-state index contributed by atoms with van der Waals surface area (Å²) < 4.78 is 3.54. The summed E-state index contributed by atoms with van der Waals surface area (Å²) in [5.74, 6) is 0.321. The van der Waals surface area contributed by atoms with Crippen molar-refractivity contribution in [3.63, 3.8) is 0 Å². The predicted molar refractivity (Wildman–Crippen MR) is 117 cm³/mol. The Balaban J connectivity index is 1.86. The minimum absolute atomic E-state index is 0.213. The van der Waals surface area contributed by atoms with E-state index in [-0.39, 0.29) is 5.56 Å². The number of aryl methyl sites for hydroxylation is 1. The molecular weight excluding hydrogens is 404 g/mol. The van der Waals surface area contributed by atoms with Crippen molar-refractivity contribution in [3.8, 4) is 11.3 Å². The molecule has 7 nitrogen and oxygen atoms in total. The van der Waals surface area contributed by atoms with Gasteiger partial charge in [-0.3, -0.25) is 13.8 Å². The first-order valence-corrected chi connectivity index (χ1v) is 10.8. The van der Waals surface area contributed by atoms with Crippen molar-refractivity contribution < 1.29 is 9.90 Å².